The Bertz CT molecular complexity index is 1060. The van der Waals surface area contributed by atoms with Gasteiger partial charge in [0.25, 0.3) is 0 Å². The third kappa shape index (κ3) is 5.01. The Labute approximate surface area is 193 Å². The molecule has 5 rings (SSSR count). The summed E-state index contributed by atoms with van der Waals surface area (Å²) in [6.07, 6.45) is 8.30. The molecule has 1 aliphatic carbocycles. The van der Waals surface area contributed by atoms with Crippen molar-refractivity contribution in [3.63, 3.8) is 0 Å². The van der Waals surface area contributed by atoms with Crippen LogP contribution in [0.4, 0.5) is 0 Å². The second kappa shape index (κ2) is 10.7. The van der Waals surface area contributed by atoms with Crippen LogP contribution in [-0.4, -0.2) is 9.55 Å². The van der Waals surface area contributed by atoms with Crippen LogP contribution in [0.2, 0.25) is 0 Å². The van der Waals surface area contributed by atoms with Gasteiger partial charge in [0.05, 0.1) is 17.4 Å². The van der Waals surface area contributed by atoms with Crippen molar-refractivity contribution in [2.24, 2.45) is 0 Å². The monoisotopic (exact) mass is 442 g/mol. The summed E-state index contributed by atoms with van der Waals surface area (Å²) in [6.45, 7) is 4.22. The van der Waals surface area contributed by atoms with Gasteiger partial charge in [-0.15, -0.1) is 54.4 Å². The van der Waals surface area contributed by atoms with Gasteiger partial charge in [-0.3, -0.25) is 6.08 Å². The number of hydrogen-bond donors (Lipinski definition) is 0. The van der Waals surface area contributed by atoms with Crippen molar-refractivity contribution >= 4 is 21.8 Å². The van der Waals surface area contributed by atoms with Crippen LogP contribution in [0.15, 0.2) is 84.2 Å². The fraction of sp³-hybridized carbons (Fsp3) is 0.130. The Morgan fingerprint density at radius 1 is 1.00 bits per heavy atom. The maximum Gasteiger partial charge on any atom is 4.00 e. The van der Waals surface area contributed by atoms with Gasteiger partial charge >= 0.3 is 21.7 Å². The van der Waals surface area contributed by atoms with Gasteiger partial charge in [0.1, 0.15) is 0 Å². The molecule has 0 atom stereocenters. The second-order valence-corrected chi connectivity index (χ2v) is 6.34. The molecule has 0 N–H and O–H groups in total. The number of nitrogens with zero attached hydrogens (tertiary/aromatic N) is 2. The SMILES string of the molecule is CC1=[C-]CC=C1C.[Cl-].[Cl-].[Ti+4].c1ccc2[cH-]c(-n3cnc4ccccc43)cc2c1. The van der Waals surface area contributed by atoms with Gasteiger partial charge in [-0.05, 0) is 17.8 Å². The summed E-state index contributed by atoms with van der Waals surface area (Å²) in [7, 11) is 0. The van der Waals surface area contributed by atoms with Crippen molar-refractivity contribution in [2.45, 2.75) is 20.3 Å². The summed E-state index contributed by atoms with van der Waals surface area (Å²) in [5.74, 6) is 0. The fourth-order valence-corrected chi connectivity index (χ4v) is 3.09. The molecule has 5 heteroatoms. The van der Waals surface area contributed by atoms with Crippen molar-refractivity contribution in [1.29, 1.82) is 0 Å². The van der Waals surface area contributed by atoms with Gasteiger partial charge in [-0.2, -0.15) is 6.08 Å². The Morgan fingerprint density at radius 2 is 1.71 bits per heavy atom. The second-order valence-electron chi connectivity index (χ2n) is 6.34. The van der Waals surface area contributed by atoms with Crippen molar-refractivity contribution < 1.29 is 46.5 Å². The molecular weight excluding hydrogens is 423 g/mol. The van der Waals surface area contributed by atoms with Gasteiger partial charge in [-0.25, -0.2) is 16.1 Å². The summed E-state index contributed by atoms with van der Waals surface area (Å²) in [5, 5.41) is 2.54. The van der Waals surface area contributed by atoms with E-state index in [2.05, 4.69) is 78.0 Å². The number of fused-ring (bicyclic) bond motifs is 2. The molecular formula is C23H20Cl2N2Ti. The first kappa shape index (κ1) is 24.3. The summed E-state index contributed by atoms with van der Waals surface area (Å²) in [5.41, 5.74) is 6.06. The van der Waals surface area contributed by atoms with Crippen molar-refractivity contribution in [1.82, 2.24) is 9.55 Å². The van der Waals surface area contributed by atoms with E-state index in [-0.39, 0.29) is 46.5 Å². The minimum Gasteiger partial charge on any atom is -1.00 e. The molecule has 2 nitrogen and oxygen atoms in total. The van der Waals surface area contributed by atoms with Crippen molar-refractivity contribution in [3.8, 4) is 5.69 Å². The van der Waals surface area contributed by atoms with Gasteiger partial charge < -0.3 is 29.4 Å². The third-order valence-corrected chi connectivity index (χ3v) is 4.70. The van der Waals surface area contributed by atoms with E-state index < -0.39 is 0 Å². The largest absolute Gasteiger partial charge is 4.00 e. The minimum atomic E-state index is 0. The number of benzene rings is 2. The zero-order valence-corrected chi connectivity index (χ0v) is 18.9. The molecule has 1 aliphatic rings. The smallest absolute Gasteiger partial charge is 1.00 e. The Hall–Kier alpha value is -1.71. The molecule has 0 unspecified atom stereocenters. The number of allylic oxidation sites excluding steroid dienone is 4. The summed E-state index contributed by atoms with van der Waals surface area (Å²) in [6, 6.07) is 21.0. The summed E-state index contributed by atoms with van der Waals surface area (Å²) in [4.78, 5) is 4.43. The van der Waals surface area contributed by atoms with E-state index in [9.17, 15) is 0 Å². The number of aromatic nitrogens is 2. The average molecular weight is 443 g/mol. The predicted octanol–water partition coefficient (Wildman–Crippen LogP) is -0.0110. The van der Waals surface area contributed by atoms with E-state index in [0.29, 0.717) is 0 Å². The van der Waals surface area contributed by atoms with Crippen molar-refractivity contribution in [3.05, 3.63) is 90.3 Å². The first-order valence-corrected chi connectivity index (χ1v) is 8.55. The van der Waals surface area contributed by atoms with Crippen LogP contribution >= 0.6 is 0 Å². The van der Waals surface area contributed by atoms with Gasteiger partial charge in [0.15, 0.2) is 0 Å². The van der Waals surface area contributed by atoms with E-state index in [1.165, 1.54) is 27.6 Å². The first-order valence-electron chi connectivity index (χ1n) is 8.55. The minimum absolute atomic E-state index is 0. The molecule has 3 aromatic carbocycles. The maximum atomic E-state index is 4.43. The topological polar surface area (TPSA) is 17.8 Å². The number of hydrogen-bond acceptors (Lipinski definition) is 1. The molecule has 0 bridgehead atoms. The molecule has 1 aromatic heterocycles. The molecule has 0 aliphatic heterocycles. The van der Waals surface area contributed by atoms with Crippen LogP contribution in [0.25, 0.3) is 27.5 Å². The zero-order valence-electron chi connectivity index (χ0n) is 15.8. The maximum absolute atomic E-state index is 4.43. The molecule has 0 saturated carbocycles. The Morgan fingerprint density at radius 3 is 2.36 bits per heavy atom. The van der Waals surface area contributed by atoms with Crippen LogP contribution in [-0.2, 0) is 21.7 Å². The van der Waals surface area contributed by atoms with Gasteiger partial charge in [-0.1, -0.05) is 25.1 Å². The van der Waals surface area contributed by atoms with E-state index in [4.69, 9.17) is 0 Å². The molecule has 140 valence electrons. The Balaban J connectivity index is 0.000000341. The van der Waals surface area contributed by atoms with E-state index >= 15 is 0 Å². The predicted molar refractivity (Wildman–Crippen MR) is 105 cm³/mol. The van der Waals surface area contributed by atoms with E-state index in [1.54, 1.807) is 0 Å². The molecule has 28 heavy (non-hydrogen) atoms. The van der Waals surface area contributed by atoms with Crippen LogP contribution in [0.5, 0.6) is 0 Å². The third-order valence-electron chi connectivity index (χ3n) is 4.70. The number of imidazole rings is 1. The number of halogens is 2. The molecule has 0 fully saturated rings. The number of rotatable bonds is 1. The summed E-state index contributed by atoms with van der Waals surface area (Å²) >= 11 is 0. The average Bonchev–Trinajstić information content (AvgIpc) is 3.34. The molecule has 0 amide bonds. The summed E-state index contributed by atoms with van der Waals surface area (Å²) < 4.78 is 2.13. The molecule has 1 heterocycles. The van der Waals surface area contributed by atoms with Crippen LogP contribution in [0.3, 0.4) is 0 Å². The molecule has 0 spiro atoms. The fourth-order valence-electron chi connectivity index (χ4n) is 3.09. The molecule has 0 saturated heterocycles. The van der Waals surface area contributed by atoms with E-state index in [0.717, 1.165) is 17.5 Å². The normalized spacial score (nSPS) is 12.1. The van der Waals surface area contributed by atoms with Gasteiger partial charge in [0, 0.05) is 0 Å². The van der Waals surface area contributed by atoms with Crippen LogP contribution in [0.1, 0.15) is 20.3 Å². The van der Waals surface area contributed by atoms with Crippen LogP contribution in [0, 0.1) is 6.08 Å². The van der Waals surface area contributed by atoms with E-state index in [1.807, 2.05) is 24.5 Å². The van der Waals surface area contributed by atoms with Crippen LogP contribution < -0.4 is 24.8 Å². The molecule has 0 radical (unpaired) electrons. The Kier molecular flexibility index (Phi) is 9.33. The molecule has 4 aromatic rings. The zero-order chi connectivity index (χ0) is 17.2. The first-order chi connectivity index (χ1) is 12.2. The van der Waals surface area contributed by atoms with Crippen molar-refractivity contribution in [2.75, 3.05) is 0 Å². The number of para-hydroxylation sites is 2. The standard InChI is InChI=1S/C16H11N2.C7H9.2ClH.Ti/c1-2-6-13-10-14(9-12(13)5-1)18-11-17-15-7-3-4-8-16(15)18;1-6-4-3-5-7(6)2;;;/h1-11H;4H,3H2,1-2H3;2*1H;/q2*-1;;;+4/p-2. The van der Waals surface area contributed by atoms with Gasteiger partial charge in [0.2, 0.25) is 0 Å². The quantitative estimate of drug-likeness (QED) is 0.299.